The van der Waals surface area contributed by atoms with Gasteiger partial charge in [-0.05, 0) is 24.8 Å². The summed E-state index contributed by atoms with van der Waals surface area (Å²) < 4.78 is 0. The third-order valence-corrected chi connectivity index (χ3v) is 2.77. The molecule has 1 atom stereocenters. The highest BCUT2D eigenvalue weighted by molar-refractivity contribution is 5.14. The Morgan fingerprint density at radius 2 is 1.94 bits per heavy atom. The van der Waals surface area contributed by atoms with E-state index in [0.717, 1.165) is 36.5 Å². The summed E-state index contributed by atoms with van der Waals surface area (Å²) in [7, 11) is 0. The van der Waals surface area contributed by atoms with Gasteiger partial charge in [0.1, 0.15) is 5.82 Å². The number of aromatic nitrogens is 2. The molecular weight excluding hydrogens is 198 g/mol. The molecule has 0 fully saturated rings. The molecule has 90 valence electrons. The summed E-state index contributed by atoms with van der Waals surface area (Å²) in [5.41, 5.74) is 8.19. The van der Waals surface area contributed by atoms with Gasteiger partial charge in [0.2, 0.25) is 0 Å². The van der Waals surface area contributed by atoms with Gasteiger partial charge >= 0.3 is 0 Å². The van der Waals surface area contributed by atoms with Gasteiger partial charge in [-0.3, -0.25) is 0 Å². The second-order valence-corrected chi connectivity index (χ2v) is 4.58. The number of rotatable bonds is 5. The predicted octanol–water partition coefficient (Wildman–Crippen LogP) is 2.44. The average molecular weight is 221 g/mol. The number of hydrogen-bond donors (Lipinski definition) is 1. The van der Waals surface area contributed by atoms with Crippen molar-refractivity contribution in [3.05, 3.63) is 23.3 Å². The zero-order valence-corrected chi connectivity index (χ0v) is 10.8. The molecule has 0 bridgehead atoms. The van der Waals surface area contributed by atoms with Crippen molar-refractivity contribution >= 4 is 0 Å². The lowest BCUT2D eigenvalue weighted by molar-refractivity contribution is 0.615. The largest absolute Gasteiger partial charge is 0.327 e. The van der Waals surface area contributed by atoms with E-state index in [-0.39, 0.29) is 6.04 Å². The molecular formula is C13H23N3. The van der Waals surface area contributed by atoms with Crippen LogP contribution in [0.3, 0.4) is 0 Å². The summed E-state index contributed by atoms with van der Waals surface area (Å²) in [5, 5.41) is 0. The van der Waals surface area contributed by atoms with Gasteiger partial charge in [-0.1, -0.05) is 27.7 Å². The maximum absolute atomic E-state index is 5.94. The Bertz CT molecular complexity index is 334. The normalized spacial score (nSPS) is 13.1. The van der Waals surface area contributed by atoms with E-state index in [1.165, 1.54) is 0 Å². The first-order valence-corrected chi connectivity index (χ1v) is 6.19. The SMILES string of the molecule is CCc1cc(C(C)C)nc(CC(N)CC)n1. The van der Waals surface area contributed by atoms with Crippen molar-refractivity contribution in [2.24, 2.45) is 5.73 Å². The Balaban J connectivity index is 2.95. The fourth-order valence-electron chi connectivity index (χ4n) is 1.52. The second-order valence-electron chi connectivity index (χ2n) is 4.58. The van der Waals surface area contributed by atoms with Gasteiger partial charge < -0.3 is 5.73 Å². The molecule has 1 aromatic heterocycles. The number of nitrogens with zero attached hydrogens (tertiary/aromatic N) is 2. The molecule has 16 heavy (non-hydrogen) atoms. The predicted molar refractivity (Wildman–Crippen MR) is 67.5 cm³/mol. The highest BCUT2D eigenvalue weighted by Crippen LogP contribution is 2.14. The lowest BCUT2D eigenvalue weighted by Crippen LogP contribution is -2.23. The van der Waals surface area contributed by atoms with Crippen molar-refractivity contribution in [3.8, 4) is 0 Å². The quantitative estimate of drug-likeness (QED) is 0.831. The first-order chi connectivity index (χ1) is 7.56. The molecule has 1 unspecified atom stereocenters. The van der Waals surface area contributed by atoms with Gasteiger partial charge in [-0.15, -0.1) is 0 Å². The molecule has 0 radical (unpaired) electrons. The molecule has 1 heterocycles. The lowest BCUT2D eigenvalue weighted by Gasteiger charge is -2.12. The van der Waals surface area contributed by atoms with Crippen molar-refractivity contribution in [2.75, 3.05) is 0 Å². The number of hydrogen-bond acceptors (Lipinski definition) is 3. The molecule has 0 aliphatic carbocycles. The van der Waals surface area contributed by atoms with Crippen LogP contribution in [-0.2, 0) is 12.8 Å². The van der Waals surface area contributed by atoms with Crippen LogP contribution in [0.1, 0.15) is 57.2 Å². The fraction of sp³-hybridized carbons (Fsp3) is 0.692. The fourth-order valence-corrected chi connectivity index (χ4v) is 1.52. The lowest BCUT2D eigenvalue weighted by atomic mass is 10.1. The monoisotopic (exact) mass is 221 g/mol. The highest BCUT2D eigenvalue weighted by Gasteiger charge is 2.09. The van der Waals surface area contributed by atoms with Crippen LogP contribution < -0.4 is 5.73 Å². The minimum absolute atomic E-state index is 0.173. The molecule has 1 rings (SSSR count). The molecule has 0 aromatic carbocycles. The molecule has 1 aromatic rings. The molecule has 0 aliphatic rings. The van der Waals surface area contributed by atoms with E-state index >= 15 is 0 Å². The van der Waals surface area contributed by atoms with Gasteiger partial charge in [0, 0.05) is 23.9 Å². The minimum Gasteiger partial charge on any atom is -0.327 e. The average Bonchev–Trinajstić information content (AvgIpc) is 2.28. The highest BCUT2D eigenvalue weighted by atomic mass is 14.9. The van der Waals surface area contributed by atoms with Gasteiger partial charge in [-0.2, -0.15) is 0 Å². The molecule has 3 heteroatoms. The Morgan fingerprint density at radius 3 is 2.44 bits per heavy atom. The molecule has 0 amide bonds. The third-order valence-electron chi connectivity index (χ3n) is 2.77. The summed E-state index contributed by atoms with van der Waals surface area (Å²) in [6, 6.07) is 2.28. The van der Waals surface area contributed by atoms with E-state index in [1.807, 2.05) is 0 Å². The van der Waals surface area contributed by atoms with Crippen molar-refractivity contribution in [1.82, 2.24) is 9.97 Å². The van der Waals surface area contributed by atoms with Crippen LogP contribution >= 0.6 is 0 Å². The van der Waals surface area contributed by atoms with Crippen LogP contribution in [0.2, 0.25) is 0 Å². The topological polar surface area (TPSA) is 51.8 Å². The number of aryl methyl sites for hydroxylation is 1. The van der Waals surface area contributed by atoms with E-state index in [9.17, 15) is 0 Å². The van der Waals surface area contributed by atoms with Crippen LogP contribution in [0.4, 0.5) is 0 Å². The smallest absolute Gasteiger partial charge is 0.130 e. The summed E-state index contributed by atoms with van der Waals surface area (Å²) in [5.74, 6) is 1.35. The van der Waals surface area contributed by atoms with E-state index in [2.05, 4.69) is 43.7 Å². The first-order valence-electron chi connectivity index (χ1n) is 6.19. The van der Waals surface area contributed by atoms with Crippen LogP contribution in [-0.4, -0.2) is 16.0 Å². The maximum Gasteiger partial charge on any atom is 0.130 e. The summed E-state index contributed by atoms with van der Waals surface area (Å²) in [6.07, 6.45) is 2.71. The number of nitrogens with two attached hydrogens (primary N) is 1. The van der Waals surface area contributed by atoms with E-state index in [4.69, 9.17) is 5.73 Å². The summed E-state index contributed by atoms with van der Waals surface area (Å²) in [4.78, 5) is 9.11. The van der Waals surface area contributed by atoms with Crippen LogP contribution in [0.25, 0.3) is 0 Å². The second kappa shape index (κ2) is 5.94. The zero-order valence-electron chi connectivity index (χ0n) is 10.8. The van der Waals surface area contributed by atoms with Crippen molar-refractivity contribution in [1.29, 1.82) is 0 Å². The molecule has 3 nitrogen and oxygen atoms in total. The molecule has 0 saturated heterocycles. The Hall–Kier alpha value is -0.960. The van der Waals surface area contributed by atoms with E-state index < -0.39 is 0 Å². The summed E-state index contributed by atoms with van der Waals surface area (Å²) in [6.45, 7) is 8.53. The van der Waals surface area contributed by atoms with Gasteiger partial charge in [0.15, 0.2) is 0 Å². The van der Waals surface area contributed by atoms with Crippen molar-refractivity contribution in [3.63, 3.8) is 0 Å². The van der Waals surface area contributed by atoms with Gasteiger partial charge in [0.05, 0.1) is 0 Å². The molecule has 0 spiro atoms. The Morgan fingerprint density at radius 1 is 1.25 bits per heavy atom. The van der Waals surface area contributed by atoms with Crippen molar-refractivity contribution in [2.45, 2.75) is 58.9 Å². The molecule has 0 saturated carbocycles. The standard InChI is InChI=1S/C13H23N3/c1-5-10(14)7-13-15-11(6-2)8-12(16-13)9(3)4/h8-10H,5-7,14H2,1-4H3. The van der Waals surface area contributed by atoms with Gasteiger partial charge in [-0.25, -0.2) is 9.97 Å². The van der Waals surface area contributed by atoms with E-state index in [1.54, 1.807) is 0 Å². The summed E-state index contributed by atoms with van der Waals surface area (Å²) >= 11 is 0. The first kappa shape index (κ1) is 13.1. The van der Waals surface area contributed by atoms with Crippen LogP contribution in [0.15, 0.2) is 6.07 Å². The third kappa shape index (κ3) is 3.56. The maximum atomic E-state index is 5.94. The van der Waals surface area contributed by atoms with Gasteiger partial charge in [0.25, 0.3) is 0 Å². The zero-order chi connectivity index (χ0) is 12.1. The van der Waals surface area contributed by atoms with Crippen LogP contribution in [0, 0.1) is 0 Å². The Kier molecular flexibility index (Phi) is 4.87. The van der Waals surface area contributed by atoms with Crippen molar-refractivity contribution < 1.29 is 0 Å². The minimum atomic E-state index is 0.173. The molecule has 2 N–H and O–H groups in total. The molecule has 0 aliphatic heterocycles. The Labute approximate surface area is 98.5 Å². The van der Waals surface area contributed by atoms with E-state index in [0.29, 0.717) is 5.92 Å². The van der Waals surface area contributed by atoms with Crippen LogP contribution in [0.5, 0.6) is 0 Å².